The summed E-state index contributed by atoms with van der Waals surface area (Å²) in [4.78, 5) is 16.3. The molecule has 0 spiro atoms. The number of rotatable bonds is 6. The number of Topliss-reactive ketones (excluding diaryl/α,β-unsaturated/α-hetero) is 1. The summed E-state index contributed by atoms with van der Waals surface area (Å²) in [6, 6.07) is 15.9. The van der Waals surface area contributed by atoms with Crippen LogP contribution in [0.1, 0.15) is 25.3 Å². The van der Waals surface area contributed by atoms with Crippen LogP contribution in [0.5, 0.6) is 11.5 Å². The average Bonchev–Trinajstić information content (AvgIpc) is 2.95. The number of hydrogen-bond acceptors (Lipinski definition) is 4. The van der Waals surface area contributed by atoms with Crippen LogP contribution in [-0.4, -0.2) is 25.2 Å². The molecule has 1 fully saturated rings. The second kappa shape index (κ2) is 7.97. The molecular formula is C21H23NO3. The first-order chi connectivity index (χ1) is 12.2. The quantitative estimate of drug-likeness (QED) is 0.785. The van der Waals surface area contributed by atoms with Gasteiger partial charge in [0.25, 0.3) is 0 Å². The van der Waals surface area contributed by atoms with E-state index in [2.05, 4.69) is 17.1 Å². The molecule has 1 atom stereocenters. The first kappa shape index (κ1) is 17.2. The van der Waals surface area contributed by atoms with Gasteiger partial charge in [0, 0.05) is 24.6 Å². The van der Waals surface area contributed by atoms with Crippen LogP contribution in [0.3, 0.4) is 0 Å². The molecule has 0 N–H and O–H groups in total. The van der Waals surface area contributed by atoms with Crippen molar-refractivity contribution in [3.8, 4) is 11.5 Å². The van der Waals surface area contributed by atoms with Crippen LogP contribution in [-0.2, 0) is 11.2 Å². The summed E-state index contributed by atoms with van der Waals surface area (Å²) in [6.45, 7) is 2.49. The third kappa shape index (κ3) is 4.27. The van der Waals surface area contributed by atoms with Crippen LogP contribution in [0.4, 0.5) is 5.69 Å². The number of carbonyl (C=O) groups is 1. The van der Waals surface area contributed by atoms with Gasteiger partial charge in [0.1, 0.15) is 5.78 Å². The molecule has 2 aromatic rings. The third-order valence-corrected chi connectivity index (χ3v) is 4.52. The van der Waals surface area contributed by atoms with Crippen LogP contribution in [0.15, 0.2) is 53.5 Å². The zero-order valence-corrected chi connectivity index (χ0v) is 14.7. The number of ether oxygens (including phenoxy) is 2. The Balaban J connectivity index is 1.72. The van der Waals surface area contributed by atoms with Crippen molar-refractivity contribution in [3.63, 3.8) is 0 Å². The van der Waals surface area contributed by atoms with Crippen LogP contribution >= 0.6 is 0 Å². The predicted octanol–water partition coefficient (Wildman–Crippen LogP) is 4.39. The molecule has 1 saturated carbocycles. The average molecular weight is 337 g/mol. The summed E-state index contributed by atoms with van der Waals surface area (Å²) in [7, 11) is 1.63. The smallest absolute Gasteiger partial charge is 0.163 e. The highest BCUT2D eigenvalue weighted by atomic mass is 16.5. The van der Waals surface area contributed by atoms with Gasteiger partial charge in [-0.05, 0) is 24.1 Å². The van der Waals surface area contributed by atoms with Crippen molar-refractivity contribution in [2.45, 2.75) is 26.2 Å². The van der Waals surface area contributed by atoms with E-state index in [-0.39, 0.29) is 11.7 Å². The summed E-state index contributed by atoms with van der Waals surface area (Å²) in [5.74, 6) is 1.56. The molecule has 130 valence electrons. The fourth-order valence-corrected chi connectivity index (χ4v) is 2.96. The molecular weight excluding hydrogens is 314 g/mol. The fourth-order valence-electron chi connectivity index (χ4n) is 2.96. The lowest BCUT2D eigenvalue weighted by Gasteiger charge is -2.12. The topological polar surface area (TPSA) is 47.9 Å². The van der Waals surface area contributed by atoms with Gasteiger partial charge in [-0.2, -0.15) is 0 Å². The van der Waals surface area contributed by atoms with E-state index in [0.29, 0.717) is 24.5 Å². The van der Waals surface area contributed by atoms with E-state index >= 15 is 0 Å². The first-order valence-electron chi connectivity index (χ1n) is 8.62. The Labute approximate surface area is 148 Å². The molecule has 0 radical (unpaired) electrons. The van der Waals surface area contributed by atoms with Gasteiger partial charge in [0.2, 0.25) is 0 Å². The SMILES string of the molecule is COc1ccc(N=C2CCC(=O)C2C)cc1OCCc1ccccc1. The van der Waals surface area contributed by atoms with Gasteiger partial charge in [-0.3, -0.25) is 9.79 Å². The van der Waals surface area contributed by atoms with E-state index in [0.717, 1.165) is 24.2 Å². The molecule has 4 heteroatoms. The monoisotopic (exact) mass is 337 g/mol. The van der Waals surface area contributed by atoms with Crippen molar-refractivity contribution >= 4 is 17.2 Å². The lowest BCUT2D eigenvalue weighted by atomic mass is 10.1. The summed E-state index contributed by atoms with van der Waals surface area (Å²) in [5.41, 5.74) is 2.98. The van der Waals surface area contributed by atoms with Gasteiger partial charge < -0.3 is 9.47 Å². The van der Waals surface area contributed by atoms with Gasteiger partial charge in [-0.15, -0.1) is 0 Å². The van der Waals surface area contributed by atoms with Gasteiger partial charge >= 0.3 is 0 Å². The number of hydrogen-bond donors (Lipinski definition) is 0. The molecule has 0 heterocycles. The molecule has 1 aliphatic carbocycles. The predicted molar refractivity (Wildman–Crippen MR) is 99.1 cm³/mol. The molecule has 0 bridgehead atoms. The number of benzene rings is 2. The van der Waals surface area contributed by atoms with Crippen molar-refractivity contribution in [3.05, 3.63) is 54.1 Å². The van der Waals surface area contributed by atoms with Crippen LogP contribution in [0.25, 0.3) is 0 Å². The minimum atomic E-state index is -0.0791. The van der Waals surface area contributed by atoms with E-state index in [9.17, 15) is 4.79 Å². The zero-order chi connectivity index (χ0) is 17.6. The summed E-state index contributed by atoms with van der Waals surface area (Å²) in [6.07, 6.45) is 2.17. The minimum absolute atomic E-state index is 0.0791. The fraction of sp³-hybridized carbons (Fsp3) is 0.333. The molecule has 0 saturated heterocycles. The number of nitrogens with zero attached hydrogens (tertiary/aromatic N) is 1. The number of aliphatic imine (C=N–C) groups is 1. The normalized spacial score (nSPS) is 18.6. The zero-order valence-electron chi connectivity index (χ0n) is 14.7. The third-order valence-electron chi connectivity index (χ3n) is 4.52. The highest BCUT2D eigenvalue weighted by Gasteiger charge is 2.26. The number of methoxy groups -OCH3 is 1. The van der Waals surface area contributed by atoms with Crippen molar-refractivity contribution in [1.82, 2.24) is 0 Å². The van der Waals surface area contributed by atoms with Crippen molar-refractivity contribution in [2.24, 2.45) is 10.9 Å². The highest BCUT2D eigenvalue weighted by molar-refractivity contribution is 6.11. The Kier molecular flexibility index (Phi) is 5.49. The van der Waals surface area contributed by atoms with Gasteiger partial charge in [0.15, 0.2) is 11.5 Å². The molecule has 25 heavy (non-hydrogen) atoms. The largest absolute Gasteiger partial charge is 0.493 e. The van der Waals surface area contributed by atoms with E-state index in [1.165, 1.54) is 5.56 Å². The Hall–Kier alpha value is -2.62. The van der Waals surface area contributed by atoms with Crippen molar-refractivity contribution in [2.75, 3.05) is 13.7 Å². The second-order valence-electron chi connectivity index (χ2n) is 6.21. The highest BCUT2D eigenvalue weighted by Crippen LogP contribution is 2.33. The second-order valence-corrected chi connectivity index (χ2v) is 6.21. The first-order valence-corrected chi connectivity index (χ1v) is 8.62. The standard InChI is InChI=1S/C21H23NO3/c1-15-18(9-10-19(15)23)22-17-8-11-20(24-2)21(14-17)25-13-12-16-6-4-3-5-7-16/h3-8,11,14-15H,9-10,12-13H2,1-2H3. The van der Waals surface area contributed by atoms with Crippen LogP contribution < -0.4 is 9.47 Å². The van der Waals surface area contributed by atoms with E-state index in [4.69, 9.17) is 9.47 Å². The van der Waals surface area contributed by atoms with Gasteiger partial charge in [0.05, 0.1) is 25.3 Å². The Morgan fingerprint density at radius 1 is 1.08 bits per heavy atom. The van der Waals surface area contributed by atoms with Crippen LogP contribution in [0, 0.1) is 5.92 Å². The molecule has 1 unspecified atom stereocenters. The lowest BCUT2D eigenvalue weighted by Crippen LogP contribution is -2.09. The molecule has 0 aliphatic heterocycles. The lowest BCUT2D eigenvalue weighted by molar-refractivity contribution is -0.119. The van der Waals surface area contributed by atoms with Gasteiger partial charge in [-0.25, -0.2) is 0 Å². The molecule has 0 amide bonds. The van der Waals surface area contributed by atoms with E-state index in [1.807, 2.05) is 43.3 Å². The van der Waals surface area contributed by atoms with Gasteiger partial charge in [-0.1, -0.05) is 37.3 Å². The maximum atomic E-state index is 11.7. The maximum Gasteiger partial charge on any atom is 0.163 e. The molecule has 0 aromatic heterocycles. The molecule has 1 aliphatic rings. The van der Waals surface area contributed by atoms with Crippen molar-refractivity contribution < 1.29 is 14.3 Å². The van der Waals surface area contributed by atoms with E-state index < -0.39 is 0 Å². The maximum absolute atomic E-state index is 11.7. The summed E-state index contributed by atoms with van der Waals surface area (Å²) >= 11 is 0. The number of ketones is 1. The molecule has 2 aromatic carbocycles. The Bertz CT molecular complexity index is 768. The van der Waals surface area contributed by atoms with E-state index in [1.54, 1.807) is 7.11 Å². The summed E-state index contributed by atoms with van der Waals surface area (Å²) < 4.78 is 11.3. The summed E-state index contributed by atoms with van der Waals surface area (Å²) in [5, 5.41) is 0. The molecule has 4 nitrogen and oxygen atoms in total. The Morgan fingerprint density at radius 2 is 1.88 bits per heavy atom. The number of carbonyl (C=O) groups excluding carboxylic acids is 1. The van der Waals surface area contributed by atoms with Crippen molar-refractivity contribution in [1.29, 1.82) is 0 Å². The molecule has 3 rings (SSSR count). The van der Waals surface area contributed by atoms with Crippen LogP contribution in [0.2, 0.25) is 0 Å². The minimum Gasteiger partial charge on any atom is -0.493 e. The Morgan fingerprint density at radius 3 is 2.56 bits per heavy atom.